The van der Waals surface area contributed by atoms with Crippen molar-refractivity contribution < 1.29 is 23.5 Å². The molecule has 0 saturated carbocycles. The number of pyridine rings is 1. The van der Waals surface area contributed by atoms with E-state index in [2.05, 4.69) is 47.4 Å². The second-order valence-electron chi connectivity index (χ2n) is 14.5. The van der Waals surface area contributed by atoms with Crippen LogP contribution in [-0.4, -0.2) is 93.1 Å². The van der Waals surface area contributed by atoms with Crippen molar-refractivity contribution in [2.24, 2.45) is 0 Å². The van der Waals surface area contributed by atoms with E-state index in [1.165, 1.54) is 6.42 Å². The first-order chi connectivity index (χ1) is 25.8. The molecule has 2 bridgehead atoms. The Morgan fingerprint density at radius 1 is 1.06 bits per heavy atom. The minimum Gasteiger partial charge on any atom is -0.461 e. The summed E-state index contributed by atoms with van der Waals surface area (Å²) in [7, 11) is 0. The molecule has 0 aliphatic carbocycles. The van der Waals surface area contributed by atoms with Gasteiger partial charge in [0.05, 0.1) is 17.3 Å². The Morgan fingerprint density at radius 2 is 1.72 bits per heavy atom. The Labute approximate surface area is 310 Å². The zero-order chi connectivity index (χ0) is 37.3. The number of nitrogens with zero attached hydrogens (tertiary/aromatic N) is 6. The van der Waals surface area contributed by atoms with Gasteiger partial charge in [-0.2, -0.15) is 9.97 Å². The van der Waals surface area contributed by atoms with Crippen LogP contribution in [0, 0.1) is 31.0 Å². The van der Waals surface area contributed by atoms with Crippen LogP contribution < -0.4 is 9.64 Å². The van der Waals surface area contributed by atoms with Crippen molar-refractivity contribution in [3.63, 3.8) is 0 Å². The molecule has 10 nitrogen and oxygen atoms in total. The van der Waals surface area contributed by atoms with Crippen LogP contribution in [0.15, 0.2) is 42.6 Å². The summed E-state index contributed by atoms with van der Waals surface area (Å²) in [6, 6.07) is 11.3. The van der Waals surface area contributed by atoms with Crippen LogP contribution >= 0.6 is 0 Å². The normalized spacial score (nSPS) is 22.5. The molecule has 0 N–H and O–H groups in total. The summed E-state index contributed by atoms with van der Waals surface area (Å²) < 4.78 is 28.5. The number of benzene rings is 2. The molecule has 7 heterocycles. The number of ether oxygens (including phenoxy) is 2. The number of cyclic esters (lactones) is 1. The van der Waals surface area contributed by atoms with Crippen LogP contribution in [0.1, 0.15) is 70.8 Å². The standard InChI is InChI=1S/C37H35FN6O4.C3H8.C2H2/c1-2-22-7-3-8-23-9-4-10-26(30(22)23)32-31(38)33-27(18-39-32)34(41-36(40-33)47-21-37-13-5-15-43(37)16-6-14-37)42-19-24-11-12-25(20-42)44(24)35(46)28-17-29(45)48-28;1-3-2;1-2/h1,3-4,7-10,18,24-25,28H,5-6,11-17,19-21H2;3H2,1-2H3;1-2H/t24-,25+,28-;;/m1../s1. The summed E-state index contributed by atoms with van der Waals surface area (Å²) in [5.74, 6) is 2.25. The molecule has 11 heteroatoms. The fourth-order valence-corrected chi connectivity index (χ4v) is 8.87. The van der Waals surface area contributed by atoms with Crippen LogP contribution in [0.5, 0.6) is 6.01 Å². The van der Waals surface area contributed by atoms with E-state index in [1.54, 1.807) is 6.20 Å². The summed E-state index contributed by atoms with van der Waals surface area (Å²) in [6.07, 6.45) is 22.2. The number of carbonyl (C=O) groups is 2. The van der Waals surface area contributed by atoms with Crippen molar-refractivity contribution in [1.29, 1.82) is 0 Å². The van der Waals surface area contributed by atoms with Gasteiger partial charge < -0.3 is 19.3 Å². The van der Waals surface area contributed by atoms with Crippen LogP contribution in [0.2, 0.25) is 0 Å². The maximum atomic E-state index is 16.9. The highest BCUT2D eigenvalue weighted by Gasteiger charge is 2.49. The van der Waals surface area contributed by atoms with Gasteiger partial charge in [0.25, 0.3) is 5.91 Å². The number of hydrogen-bond acceptors (Lipinski definition) is 9. The molecule has 4 aromatic rings. The molecule has 5 fully saturated rings. The highest BCUT2D eigenvalue weighted by atomic mass is 19.1. The molecule has 2 aromatic heterocycles. The summed E-state index contributed by atoms with van der Waals surface area (Å²) >= 11 is 0. The molecule has 0 radical (unpaired) electrons. The summed E-state index contributed by atoms with van der Waals surface area (Å²) in [6.45, 7) is 7.83. The number of esters is 1. The van der Waals surface area contributed by atoms with Crippen molar-refractivity contribution in [2.75, 3.05) is 37.7 Å². The number of terminal acetylenes is 2. The van der Waals surface area contributed by atoms with E-state index in [9.17, 15) is 9.59 Å². The average molecular weight is 717 g/mol. The van der Waals surface area contributed by atoms with Gasteiger partial charge >= 0.3 is 12.0 Å². The maximum Gasteiger partial charge on any atom is 0.319 e. The zero-order valence-electron chi connectivity index (χ0n) is 30.4. The summed E-state index contributed by atoms with van der Waals surface area (Å²) in [5, 5.41) is 2.14. The minimum atomic E-state index is -0.696. The van der Waals surface area contributed by atoms with Gasteiger partial charge in [0.2, 0.25) is 0 Å². The molecule has 53 heavy (non-hydrogen) atoms. The maximum absolute atomic E-state index is 16.9. The third-order valence-electron chi connectivity index (χ3n) is 11.2. The topological polar surface area (TPSA) is 101 Å². The molecule has 274 valence electrons. The van der Waals surface area contributed by atoms with Gasteiger partial charge in [-0.05, 0) is 63.1 Å². The van der Waals surface area contributed by atoms with Crippen molar-refractivity contribution in [3.05, 3.63) is 54.0 Å². The number of amides is 1. The number of carbonyl (C=O) groups excluding carboxylic acids is 2. The molecule has 5 aliphatic heterocycles. The lowest BCUT2D eigenvalue weighted by molar-refractivity contribution is -0.180. The van der Waals surface area contributed by atoms with Crippen molar-refractivity contribution >= 4 is 39.4 Å². The highest BCUT2D eigenvalue weighted by Crippen LogP contribution is 2.41. The van der Waals surface area contributed by atoms with Gasteiger partial charge in [-0.1, -0.05) is 56.5 Å². The third kappa shape index (κ3) is 6.42. The van der Waals surface area contributed by atoms with Gasteiger partial charge in [-0.3, -0.25) is 19.5 Å². The smallest absolute Gasteiger partial charge is 0.319 e. The third-order valence-corrected chi connectivity index (χ3v) is 11.2. The Bertz CT molecular complexity index is 2080. The highest BCUT2D eigenvalue weighted by molar-refractivity contribution is 6.02. The monoisotopic (exact) mass is 716 g/mol. The minimum absolute atomic E-state index is 0.0366. The van der Waals surface area contributed by atoms with Crippen LogP contribution in [0.25, 0.3) is 32.9 Å². The van der Waals surface area contributed by atoms with Gasteiger partial charge in [-0.15, -0.1) is 19.3 Å². The first kappa shape index (κ1) is 36.1. The van der Waals surface area contributed by atoms with Gasteiger partial charge in [0.15, 0.2) is 11.9 Å². The molecule has 5 aliphatic rings. The molecule has 1 amide bonds. The molecule has 3 atom stereocenters. The van der Waals surface area contributed by atoms with E-state index in [4.69, 9.17) is 25.9 Å². The number of rotatable bonds is 6. The summed E-state index contributed by atoms with van der Waals surface area (Å²) in [5.41, 5.74) is 1.51. The molecule has 0 unspecified atom stereocenters. The predicted molar refractivity (Wildman–Crippen MR) is 203 cm³/mol. The van der Waals surface area contributed by atoms with E-state index in [0.29, 0.717) is 42.0 Å². The first-order valence-corrected chi connectivity index (χ1v) is 18.7. The molecular weight excluding hydrogens is 671 g/mol. The van der Waals surface area contributed by atoms with E-state index >= 15 is 4.39 Å². The Morgan fingerprint density at radius 3 is 2.36 bits per heavy atom. The van der Waals surface area contributed by atoms with Gasteiger partial charge in [0, 0.05) is 47.9 Å². The molecule has 2 aromatic carbocycles. The van der Waals surface area contributed by atoms with Crippen LogP contribution in [-0.2, 0) is 14.3 Å². The Balaban J connectivity index is 0.000000830. The largest absolute Gasteiger partial charge is 0.461 e. The lowest BCUT2D eigenvalue weighted by Crippen LogP contribution is -2.60. The van der Waals surface area contributed by atoms with Crippen LogP contribution in [0.3, 0.4) is 0 Å². The predicted octanol–water partition coefficient (Wildman–Crippen LogP) is 6.13. The zero-order valence-corrected chi connectivity index (χ0v) is 30.4. The van der Waals surface area contributed by atoms with Crippen molar-refractivity contribution in [2.45, 2.75) is 88.9 Å². The van der Waals surface area contributed by atoms with Crippen LogP contribution in [0.4, 0.5) is 10.2 Å². The molecular formula is C42H45FN6O4. The second-order valence-corrected chi connectivity index (χ2v) is 14.5. The number of anilines is 1. The number of piperazine rings is 1. The van der Waals surface area contributed by atoms with E-state index < -0.39 is 11.9 Å². The Kier molecular flexibility index (Phi) is 10.2. The average Bonchev–Trinajstić information content (AvgIpc) is 3.83. The fraction of sp³-hybridized carbons (Fsp3) is 0.452. The van der Waals surface area contributed by atoms with E-state index in [-0.39, 0.29) is 53.1 Å². The molecule has 5 saturated heterocycles. The first-order valence-electron chi connectivity index (χ1n) is 18.7. The number of halogens is 1. The Hall–Kier alpha value is -5.26. The van der Waals surface area contributed by atoms with Gasteiger partial charge in [0.1, 0.15) is 23.6 Å². The lowest BCUT2D eigenvalue weighted by atomic mass is 9.95. The lowest BCUT2D eigenvalue weighted by Gasteiger charge is -2.43. The fourth-order valence-electron chi connectivity index (χ4n) is 8.87. The number of aromatic nitrogens is 3. The SMILES string of the molecule is C#C.C#Cc1cccc2cccc(-c3ncc4c(N5C[C@H]6CC[C@@H](C5)N6C(=O)[C@H]5CC(=O)O5)nc(OCC56CCCN5CCC6)nc4c3F)c12.CCC. The van der Waals surface area contributed by atoms with E-state index in [1.807, 2.05) is 41.3 Å². The molecule has 9 rings (SSSR count). The molecule has 0 spiro atoms. The van der Waals surface area contributed by atoms with E-state index in [0.717, 1.165) is 62.4 Å². The van der Waals surface area contributed by atoms with Crippen molar-refractivity contribution in [3.8, 4) is 42.5 Å². The van der Waals surface area contributed by atoms with Crippen molar-refractivity contribution in [1.82, 2.24) is 24.8 Å². The second kappa shape index (κ2) is 15.0. The number of hydrogen-bond donors (Lipinski definition) is 0. The summed E-state index contributed by atoms with van der Waals surface area (Å²) in [4.78, 5) is 45.5. The van der Waals surface area contributed by atoms with Gasteiger partial charge in [-0.25, -0.2) is 4.39 Å². The number of fused-ring (bicyclic) bond motifs is 5. The quantitative estimate of drug-likeness (QED) is 0.172.